The van der Waals surface area contributed by atoms with Crippen molar-refractivity contribution < 1.29 is 14.5 Å². The number of rotatable bonds is 4. The molecule has 4 nitrogen and oxygen atoms in total. The van der Waals surface area contributed by atoms with Crippen LogP contribution in [0.3, 0.4) is 0 Å². The minimum atomic E-state index is -0.862. The third kappa shape index (κ3) is 2.50. The SMILES string of the molecule is CC(C)(O)C(C)(C)OBC1=CCNC12CCOC2. The van der Waals surface area contributed by atoms with Crippen LogP contribution < -0.4 is 5.32 Å². The normalized spacial score (nSPS) is 28.8. The van der Waals surface area contributed by atoms with Gasteiger partial charge in [0.15, 0.2) is 0 Å². The Labute approximate surface area is 110 Å². The van der Waals surface area contributed by atoms with Crippen molar-refractivity contribution in [2.75, 3.05) is 19.8 Å². The van der Waals surface area contributed by atoms with Crippen LogP contribution in [0.15, 0.2) is 11.5 Å². The molecular formula is C13H24BNO3. The van der Waals surface area contributed by atoms with E-state index in [2.05, 4.69) is 11.4 Å². The molecule has 2 aliphatic heterocycles. The molecule has 0 aromatic rings. The molecule has 0 radical (unpaired) electrons. The molecular weight excluding hydrogens is 229 g/mol. The largest absolute Gasteiger partial charge is 0.427 e. The fourth-order valence-electron chi connectivity index (χ4n) is 2.27. The van der Waals surface area contributed by atoms with Gasteiger partial charge in [0.05, 0.1) is 23.3 Å². The molecule has 2 N–H and O–H groups in total. The highest BCUT2D eigenvalue weighted by Gasteiger charge is 2.43. The summed E-state index contributed by atoms with van der Waals surface area (Å²) in [4.78, 5) is 0. The first-order chi connectivity index (χ1) is 8.27. The second kappa shape index (κ2) is 4.64. The van der Waals surface area contributed by atoms with Gasteiger partial charge in [-0.3, -0.25) is 0 Å². The number of aliphatic hydroxyl groups is 1. The maximum Gasteiger partial charge on any atom is 0.307 e. The van der Waals surface area contributed by atoms with Crippen molar-refractivity contribution in [1.29, 1.82) is 0 Å². The van der Waals surface area contributed by atoms with Crippen molar-refractivity contribution in [3.05, 3.63) is 11.5 Å². The van der Waals surface area contributed by atoms with E-state index < -0.39 is 11.2 Å². The molecule has 0 aliphatic carbocycles. The predicted octanol–water partition coefficient (Wildman–Crippen LogP) is 0.550. The molecule has 1 spiro atoms. The van der Waals surface area contributed by atoms with Gasteiger partial charge in [0.25, 0.3) is 0 Å². The van der Waals surface area contributed by atoms with E-state index in [1.165, 1.54) is 5.47 Å². The van der Waals surface area contributed by atoms with Crippen LogP contribution in [-0.4, -0.2) is 49.1 Å². The van der Waals surface area contributed by atoms with Gasteiger partial charge in [0, 0.05) is 13.2 Å². The summed E-state index contributed by atoms with van der Waals surface area (Å²) in [7, 11) is 0.549. The van der Waals surface area contributed by atoms with Crippen LogP contribution in [0.2, 0.25) is 0 Å². The van der Waals surface area contributed by atoms with Gasteiger partial charge < -0.3 is 19.8 Å². The topological polar surface area (TPSA) is 50.7 Å². The van der Waals surface area contributed by atoms with E-state index in [1.807, 2.05) is 13.8 Å². The van der Waals surface area contributed by atoms with Crippen LogP contribution in [0.4, 0.5) is 0 Å². The lowest BCUT2D eigenvalue weighted by Gasteiger charge is -2.38. The summed E-state index contributed by atoms with van der Waals surface area (Å²) in [6.07, 6.45) is 3.19. The first-order valence-electron chi connectivity index (χ1n) is 6.65. The summed E-state index contributed by atoms with van der Waals surface area (Å²) in [6.45, 7) is 9.82. The monoisotopic (exact) mass is 253 g/mol. The minimum Gasteiger partial charge on any atom is -0.427 e. The quantitative estimate of drug-likeness (QED) is 0.718. The first kappa shape index (κ1) is 14.1. The standard InChI is InChI=1S/C13H24BNO3/c1-11(2,16)12(3,4)18-14-10-5-7-15-13(10)6-8-17-9-13/h5,14-16H,6-9H2,1-4H3. The maximum absolute atomic E-state index is 10.1. The fourth-order valence-corrected chi connectivity index (χ4v) is 2.27. The molecule has 5 heteroatoms. The average Bonchev–Trinajstić information content (AvgIpc) is 2.86. The van der Waals surface area contributed by atoms with Crippen molar-refractivity contribution in [1.82, 2.24) is 5.32 Å². The molecule has 0 aromatic carbocycles. The Hall–Kier alpha value is -0.355. The first-order valence-corrected chi connectivity index (χ1v) is 6.65. The Morgan fingerprint density at radius 2 is 2.17 bits per heavy atom. The second-order valence-corrected chi connectivity index (χ2v) is 6.35. The van der Waals surface area contributed by atoms with Crippen molar-refractivity contribution in [3.63, 3.8) is 0 Å². The van der Waals surface area contributed by atoms with E-state index in [9.17, 15) is 5.11 Å². The van der Waals surface area contributed by atoms with E-state index >= 15 is 0 Å². The van der Waals surface area contributed by atoms with Gasteiger partial charge in [-0.15, -0.1) is 0 Å². The summed E-state index contributed by atoms with van der Waals surface area (Å²) in [5.41, 5.74) is -0.191. The Morgan fingerprint density at radius 1 is 1.44 bits per heavy atom. The molecule has 1 fully saturated rings. The fraction of sp³-hybridized carbons (Fsp3) is 0.846. The highest BCUT2D eigenvalue weighted by molar-refractivity contribution is 6.39. The van der Waals surface area contributed by atoms with Crippen LogP contribution in [0, 0.1) is 0 Å². The molecule has 0 amide bonds. The Kier molecular flexibility index (Phi) is 3.62. The number of hydrogen-bond donors (Lipinski definition) is 2. The smallest absolute Gasteiger partial charge is 0.307 e. The molecule has 2 heterocycles. The van der Waals surface area contributed by atoms with Gasteiger partial charge in [-0.1, -0.05) is 11.5 Å². The van der Waals surface area contributed by atoms with E-state index in [1.54, 1.807) is 13.8 Å². The van der Waals surface area contributed by atoms with Gasteiger partial charge in [-0.05, 0) is 34.1 Å². The molecule has 102 valence electrons. The van der Waals surface area contributed by atoms with Gasteiger partial charge in [0.1, 0.15) is 0 Å². The van der Waals surface area contributed by atoms with Gasteiger partial charge in [0.2, 0.25) is 0 Å². The predicted molar refractivity (Wildman–Crippen MR) is 72.9 cm³/mol. The number of ether oxygens (including phenoxy) is 1. The van der Waals surface area contributed by atoms with Crippen molar-refractivity contribution in [2.45, 2.75) is 50.9 Å². The molecule has 18 heavy (non-hydrogen) atoms. The van der Waals surface area contributed by atoms with Crippen LogP contribution in [-0.2, 0) is 9.39 Å². The summed E-state index contributed by atoms with van der Waals surface area (Å²) in [5, 5.41) is 13.6. The Balaban J connectivity index is 1.98. The van der Waals surface area contributed by atoms with E-state index in [4.69, 9.17) is 9.39 Å². The molecule has 0 saturated carbocycles. The third-order valence-corrected chi connectivity index (χ3v) is 4.49. The molecule has 0 aromatic heterocycles. The van der Waals surface area contributed by atoms with E-state index in [0.717, 1.165) is 26.2 Å². The highest BCUT2D eigenvalue weighted by atomic mass is 16.5. The van der Waals surface area contributed by atoms with Gasteiger partial charge in [-0.25, -0.2) is 0 Å². The summed E-state index contributed by atoms with van der Waals surface area (Å²) in [5.74, 6) is 0. The van der Waals surface area contributed by atoms with E-state index in [0.29, 0.717) is 7.48 Å². The summed E-state index contributed by atoms with van der Waals surface area (Å²) >= 11 is 0. The Bertz CT molecular complexity index is 341. The van der Waals surface area contributed by atoms with Crippen molar-refractivity contribution in [3.8, 4) is 0 Å². The lowest BCUT2D eigenvalue weighted by molar-refractivity contribution is -0.0899. The maximum atomic E-state index is 10.1. The zero-order valence-electron chi connectivity index (χ0n) is 11.9. The summed E-state index contributed by atoms with van der Waals surface area (Å²) in [6, 6.07) is 0. The number of hydrogen-bond acceptors (Lipinski definition) is 4. The lowest BCUT2D eigenvalue weighted by atomic mass is 9.72. The van der Waals surface area contributed by atoms with E-state index in [-0.39, 0.29) is 5.54 Å². The molecule has 0 bridgehead atoms. The Morgan fingerprint density at radius 3 is 2.72 bits per heavy atom. The van der Waals surface area contributed by atoms with Crippen LogP contribution in [0.5, 0.6) is 0 Å². The molecule has 1 unspecified atom stereocenters. The molecule has 2 aliphatic rings. The number of nitrogens with one attached hydrogen (secondary N) is 1. The summed E-state index contributed by atoms with van der Waals surface area (Å²) < 4.78 is 11.5. The lowest BCUT2D eigenvalue weighted by Crippen LogP contribution is -2.50. The zero-order valence-corrected chi connectivity index (χ0v) is 11.9. The third-order valence-electron chi connectivity index (χ3n) is 4.49. The average molecular weight is 253 g/mol. The minimum absolute atomic E-state index is 0.0182. The van der Waals surface area contributed by atoms with Crippen molar-refractivity contribution in [2.24, 2.45) is 0 Å². The second-order valence-electron chi connectivity index (χ2n) is 6.35. The van der Waals surface area contributed by atoms with Crippen LogP contribution >= 0.6 is 0 Å². The van der Waals surface area contributed by atoms with Gasteiger partial charge >= 0.3 is 7.48 Å². The van der Waals surface area contributed by atoms with Crippen LogP contribution in [0.25, 0.3) is 0 Å². The zero-order chi connectivity index (χ0) is 13.4. The molecule has 1 saturated heterocycles. The molecule has 2 rings (SSSR count). The van der Waals surface area contributed by atoms with Crippen molar-refractivity contribution >= 4 is 7.48 Å². The van der Waals surface area contributed by atoms with Gasteiger partial charge in [-0.2, -0.15) is 0 Å². The van der Waals surface area contributed by atoms with Crippen LogP contribution in [0.1, 0.15) is 34.1 Å². The highest BCUT2D eigenvalue weighted by Crippen LogP contribution is 2.32. The molecule has 1 atom stereocenters.